The molecule has 124 valence electrons. The summed E-state index contributed by atoms with van der Waals surface area (Å²) in [5.74, 6) is -1.27. The number of nitrogens with one attached hydrogen (secondary N) is 1. The van der Waals surface area contributed by atoms with Crippen molar-refractivity contribution >= 4 is 33.1 Å². The van der Waals surface area contributed by atoms with Crippen molar-refractivity contribution in [2.75, 3.05) is 5.32 Å². The molecule has 8 heteroatoms. The zero-order chi connectivity index (χ0) is 16.4. The zero-order valence-corrected chi connectivity index (χ0v) is 15.1. The van der Waals surface area contributed by atoms with E-state index in [1.54, 1.807) is 0 Å². The molecule has 2 aromatic heterocycles. The fourth-order valence-electron chi connectivity index (χ4n) is 2.59. The van der Waals surface area contributed by atoms with E-state index in [-0.39, 0.29) is 18.9 Å². The van der Waals surface area contributed by atoms with Gasteiger partial charge in [0, 0.05) is 41.4 Å². The second kappa shape index (κ2) is 6.76. The number of alkyl halides is 3. The van der Waals surface area contributed by atoms with Gasteiger partial charge < -0.3 is 5.32 Å². The van der Waals surface area contributed by atoms with Crippen LogP contribution in [-0.4, -0.2) is 26.9 Å². The van der Waals surface area contributed by atoms with Crippen molar-refractivity contribution in [2.45, 2.75) is 49.9 Å². The summed E-state index contributed by atoms with van der Waals surface area (Å²) in [5, 5.41) is 6.60. The van der Waals surface area contributed by atoms with Crippen molar-refractivity contribution in [2.24, 2.45) is 0 Å². The van der Waals surface area contributed by atoms with E-state index < -0.39 is 5.92 Å². The molecule has 23 heavy (non-hydrogen) atoms. The maximum absolute atomic E-state index is 13.3. The lowest BCUT2D eigenvalue weighted by atomic mass is 9.92. The number of rotatable bonds is 4. The van der Waals surface area contributed by atoms with Crippen LogP contribution in [0.1, 0.15) is 37.1 Å². The number of aryl methyl sites for hydroxylation is 1. The van der Waals surface area contributed by atoms with Gasteiger partial charge in [0.25, 0.3) is 0 Å². The predicted octanol–water partition coefficient (Wildman–Crippen LogP) is 4.79. The number of thiazole rings is 1. The minimum atomic E-state index is -2.52. The molecule has 0 saturated heterocycles. The number of aromatic nitrogens is 3. The first-order chi connectivity index (χ1) is 10.9. The third-order valence-electron chi connectivity index (χ3n) is 3.80. The predicted molar refractivity (Wildman–Crippen MR) is 91.3 cm³/mol. The molecule has 0 bridgehead atoms. The monoisotopic (exact) mass is 402 g/mol. The van der Waals surface area contributed by atoms with Gasteiger partial charge >= 0.3 is 0 Å². The van der Waals surface area contributed by atoms with Crippen LogP contribution >= 0.6 is 27.3 Å². The first-order valence-electron chi connectivity index (χ1n) is 7.46. The van der Waals surface area contributed by atoms with Crippen LogP contribution in [-0.2, 0) is 5.33 Å². The molecular formula is C15H17BrF2N4S. The van der Waals surface area contributed by atoms with Gasteiger partial charge in [0.2, 0.25) is 5.92 Å². The van der Waals surface area contributed by atoms with Crippen LogP contribution in [0.15, 0.2) is 11.4 Å². The van der Waals surface area contributed by atoms with Gasteiger partial charge in [-0.25, -0.2) is 23.7 Å². The number of nitrogens with zero attached hydrogens (tertiary/aromatic N) is 3. The minimum Gasteiger partial charge on any atom is -0.367 e. The third-order valence-corrected chi connectivity index (χ3v) is 5.33. The Balaban J connectivity index is 1.79. The summed E-state index contributed by atoms with van der Waals surface area (Å²) >= 11 is 4.91. The topological polar surface area (TPSA) is 50.7 Å². The Labute approximate surface area is 145 Å². The average Bonchev–Trinajstić information content (AvgIpc) is 2.96. The molecule has 0 unspecified atom stereocenters. The van der Waals surface area contributed by atoms with Gasteiger partial charge in [-0.2, -0.15) is 0 Å². The Morgan fingerprint density at radius 2 is 2.04 bits per heavy atom. The van der Waals surface area contributed by atoms with Crippen molar-refractivity contribution in [3.05, 3.63) is 22.8 Å². The number of anilines is 1. The molecule has 0 aromatic carbocycles. The second-order valence-electron chi connectivity index (χ2n) is 5.77. The van der Waals surface area contributed by atoms with Crippen molar-refractivity contribution in [1.82, 2.24) is 15.0 Å². The van der Waals surface area contributed by atoms with Crippen molar-refractivity contribution in [3.63, 3.8) is 0 Å². The van der Waals surface area contributed by atoms with Gasteiger partial charge in [-0.3, -0.25) is 0 Å². The number of halogens is 3. The highest BCUT2D eigenvalue weighted by Gasteiger charge is 2.35. The summed E-state index contributed by atoms with van der Waals surface area (Å²) in [6, 6.07) is 1.88. The normalized spacial score (nSPS) is 18.1. The van der Waals surface area contributed by atoms with Crippen molar-refractivity contribution in [3.8, 4) is 10.8 Å². The summed E-state index contributed by atoms with van der Waals surface area (Å²) in [4.78, 5) is 13.4. The standard InChI is InChI=1S/C15H17BrF2N4S/c1-9-8-23-14(19-9)13-21-11(7-16)6-12(22-13)20-10-2-4-15(17,18)5-3-10/h6,8,10H,2-5,7H2,1H3,(H,20,21,22). The van der Waals surface area contributed by atoms with Crippen LogP contribution in [0, 0.1) is 6.92 Å². The van der Waals surface area contributed by atoms with Gasteiger partial charge in [-0.1, -0.05) is 15.9 Å². The Kier molecular flexibility index (Phi) is 4.91. The molecule has 0 spiro atoms. The molecule has 4 nitrogen and oxygen atoms in total. The molecule has 0 amide bonds. The SMILES string of the molecule is Cc1csc(-c2nc(CBr)cc(NC3CCC(F)(F)CC3)n2)n1. The summed E-state index contributed by atoms with van der Waals surface area (Å²) in [6.45, 7) is 1.93. The van der Waals surface area contributed by atoms with Gasteiger partial charge in [0.15, 0.2) is 10.8 Å². The van der Waals surface area contributed by atoms with Gasteiger partial charge in [-0.15, -0.1) is 11.3 Å². The fraction of sp³-hybridized carbons (Fsp3) is 0.533. The fourth-order valence-corrected chi connectivity index (χ4v) is 3.60. The van der Waals surface area contributed by atoms with Crippen LogP contribution < -0.4 is 5.32 Å². The molecule has 0 aliphatic heterocycles. The first-order valence-corrected chi connectivity index (χ1v) is 9.46. The van der Waals surface area contributed by atoms with Crippen molar-refractivity contribution in [1.29, 1.82) is 0 Å². The maximum atomic E-state index is 13.3. The average molecular weight is 403 g/mol. The summed E-state index contributed by atoms with van der Waals surface area (Å²) in [7, 11) is 0. The molecule has 1 fully saturated rings. The van der Waals surface area contributed by atoms with E-state index >= 15 is 0 Å². The molecule has 1 aliphatic rings. The Morgan fingerprint density at radius 3 is 2.65 bits per heavy atom. The zero-order valence-electron chi connectivity index (χ0n) is 12.7. The van der Waals surface area contributed by atoms with Crippen LogP contribution in [0.3, 0.4) is 0 Å². The molecule has 0 radical (unpaired) electrons. The summed E-state index contributed by atoms with van der Waals surface area (Å²) < 4.78 is 26.5. The quantitative estimate of drug-likeness (QED) is 0.746. The number of hydrogen-bond acceptors (Lipinski definition) is 5. The molecule has 3 rings (SSSR count). The first kappa shape index (κ1) is 16.7. The van der Waals surface area contributed by atoms with Crippen LogP contribution in [0.2, 0.25) is 0 Å². The lowest BCUT2D eigenvalue weighted by Gasteiger charge is -2.29. The highest BCUT2D eigenvalue weighted by atomic mass is 79.9. The molecule has 2 heterocycles. The summed E-state index contributed by atoms with van der Waals surface area (Å²) in [6.07, 6.45) is 0.762. The lowest BCUT2D eigenvalue weighted by Crippen LogP contribution is -2.32. The Morgan fingerprint density at radius 1 is 1.30 bits per heavy atom. The van der Waals surface area contributed by atoms with E-state index in [1.165, 1.54) is 11.3 Å². The molecule has 1 N–H and O–H groups in total. The van der Waals surface area contributed by atoms with E-state index in [0.29, 0.717) is 29.8 Å². The van der Waals surface area contributed by atoms with E-state index in [1.807, 2.05) is 18.4 Å². The van der Waals surface area contributed by atoms with Crippen LogP contribution in [0.4, 0.5) is 14.6 Å². The summed E-state index contributed by atoms with van der Waals surface area (Å²) in [5.41, 5.74) is 1.77. The van der Waals surface area contributed by atoms with Gasteiger partial charge in [0.05, 0.1) is 5.69 Å². The van der Waals surface area contributed by atoms with Crippen molar-refractivity contribution < 1.29 is 8.78 Å². The van der Waals surface area contributed by atoms with E-state index in [2.05, 4.69) is 36.2 Å². The third kappa shape index (κ3) is 4.23. The molecular weight excluding hydrogens is 386 g/mol. The number of hydrogen-bond donors (Lipinski definition) is 1. The second-order valence-corrected chi connectivity index (χ2v) is 7.19. The smallest absolute Gasteiger partial charge is 0.248 e. The largest absolute Gasteiger partial charge is 0.367 e. The lowest BCUT2D eigenvalue weighted by molar-refractivity contribution is -0.0361. The van der Waals surface area contributed by atoms with Crippen LogP contribution in [0.5, 0.6) is 0 Å². The Bertz CT molecular complexity index is 682. The highest BCUT2D eigenvalue weighted by Crippen LogP contribution is 2.34. The molecule has 0 atom stereocenters. The molecule has 1 aliphatic carbocycles. The molecule has 1 saturated carbocycles. The van der Waals surface area contributed by atoms with Gasteiger partial charge in [-0.05, 0) is 19.8 Å². The maximum Gasteiger partial charge on any atom is 0.248 e. The molecule has 2 aromatic rings. The Hall–Kier alpha value is -1.15. The van der Waals surface area contributed by atoms with Crippen LogP contribution in [0.25, 0.3) is 10.8 Å². The minimum absolute atomic E-state index is 0.0265. The van der Waals surface area contributed by atoms with E-state index in [4.69, 9.17) is 0 Å². The van der Waals surface area contributed by atoms with E-state index in [0.717, 1.165) is 16.4 Å². The van der Waals surface area contributed by atoms with E-state index in [9.17, 15) is 8.78 Å². The highest BCUT2D eigenvalue weighted by molar-refractivity contribution is 9.08. The van der Waals surface area contributed by atoms with Gasteiger partial charge in [0.1, 0.15) is 5.82 Å².